The molecule has 100 valence electrons. The van der Waals surface area contributed by atoms with Crippen molar-refractivity contribution in [2.24, 2.45) is 0 Å². The van der Waals surface area contributed by atoms with E-state index in [1.807, 2.05) is 24.3 Å². The number of hydrogen-bond donors (Lipinski definition) is 1. The van der Waals surface area contributed by atoms with Gasteiger partial charge in [0.05, 0.1) is 17.3 Å². The Morgan fingerprint density at radius 2 is 1.95 bits per heavy atom. The van der Waals surface area contributed by atoms with Crippen LogP contribution in [-0.4, -0.2) is 7.11 Å². The van der Waals surface area contributed by atoms with Gasteiger partial charge in [0.15, 0.2) is 0 Å². The largest absolute Gasteiger partial charge is 0.380 e. The number of ether oxygens (including phenoxy) is 1. The Kier molecular flexibility index (Phi) is 5.25. The normalized spacial score (nSPS) is 10.5. The van der Waals surface area contributed by atoms with E-state index in [-0.39, 0.29) is 0 Å². The van der Waals surface area contributed by atoms with Crippen LogP contribution in [0.2, 0.25) is 5.02 Å². The van der Waals surface area contributed by atoms with Gasteiger partial charge in [-0.15, -0.1) is 0 Å². The molecule has 0 spiro atoms. The SMILES string of the molecule is COCc1cccc(CNc2cc(Br)ccc2Cl)c1. The molecular formula is C15H15BrClNO. The number of hydrogen-bond acceptors (Lipinski definition) is 2. The fraction of sp³-hybridized carbons (Fsp3) is 0.200. The zero-order chi connectivity index (χ0) is 13.7. The summed E-state index contributed by atoms with van der Waals surface area (Å²) in [5, 5.41) is 4.06. The van der Waals surface area contributed by atoms with Gasteiger partial charge >= 0.3 is 0 Å². The number of rotatable bonds is 5. The fourth-order valence-electron chi connectivity index (χ4n) is 1.83. The van der Waals surface area contributed by atoms with Gasteiger partial charge in [-0.3, -0.25) is 0 Å². The zero-order valence-corrected chi connectivity index (χ0v) is 13.0. The maximum Gasteiger partial charge on any atom is 0.0713 e. The van der Waals surface area contributed by atoms with Gasteiger partial charge in [-0.25, -0.2) is 0 Å². The number of anilines is 1. The summed E-state index contributed by atoms with van der Waals surface area (Å²) in [4.78, 5) is 0. The molecule has 2 nitrogen and oxygen atoms in total. The number of benzene rings is 2. The number of nitrogens with one attached hydrogen (secondary N) is 1. The minimum absolute atomic E-state index is 0.630. The molecule has 0 aromatic heterocycles. The molecule has 0 saturated carbocycles. The third-order valence-corrected chi connectivity index (χ3v) is 3.54. The van der Waals surface area contributed by atoms with E-state index in [9.17, 15) is 0 Å². The lowest BCUT2D eigenvalue weighted by molar-refractivity contribution is 0.185. The first-order valence-electron chi connectivity index (χ1n) is 5.94. The van der Waals surface area contributed by atoms with Crippen LogP contribution in [-0.2, 0) is 17.9 Å². The Morgan fingerprint density at radius 3 is 2.74 bits per heavy atom. The molecule has 0 fully saturated rings. The summed E-state index contributed by atoms with van der Waals surface area (Å²) in [5.74, 6) is 0. The number of methoxy groups -OCH3 is 1. The van der Waals surface area contributed by atoms with Crippen molar-refractivity contribution in [3.8, 4) is 0 Å². The van der Waals surface area contributed by atoms with Crippen LogP contribution >= 0.6 is 27.5 Å². The zero-order valence-electron chi connectivity index (χ0n) is 10.6. The average molecular weight is 341 g/mol. The first kappa shape index (κ1) is 14.4. The van der Waals surface area contributed by atoms with Crippen molar-refractivity contribution in [1.82, 2.24) is 0 Å². The second-order valence-corrected chi connectivity index (χ2v) is 5.55. The average Bonchev–Trinajstić information content (AvgIpc) is 2.41. The van der Waals surface area contributed by atoms with Crippen LogP contribution in [0, 0.1) is 0 Å². The molecule has 0 radical (unpaired) electrons. The third kappa shape index (κ3) is 4.23. The van der Waals surface area contributed by atoms with Crippen LogP contribution in [0.3, 0.4) is 0 Å². The smallest absolute Gasteiger partial charge is 0.0713 e. The molecule has 0 aliphatic carbocycles. The molecule has 0 saturated heterocycles. The summed E-state index contributed by atoms with van der Waals surface area (Å²) in [6, 6.07) is 14.1. The summed E-state index contributed by atoms with van der Waals surface area (Å²) < 4.78 is 6.14. The van der Waals surface area contributed by atoms with Crippen molar-refractivity contribution < 1.29 is 4.74 Å². The molecule has 0 aliphatic heterocycles. The first-order valence-corrected chi connectivity index (χ1v) is 7.12. The van der Waals surface area contributed by atoms with Gasteiger partial charge in [-0.2, -0.15) is 0 Å². The Hall–Kier alpha value is -1.03. The van der Waals surface area contributed by atoms with E-state index in [0.29, 0.717) is 6.61 Å². The van der Waals surface area contributed by atoms with Crippen LogP contribution in [0.15, 0.2) is 46.9 Å². The maximum absolute atomic E-state index is 6.14. The maximum atomic E-state index is 6.14. The Morgan fingerprint density at radius 1 is 1.16 bits per heavy atom. The van der Waals surface area contributed by atoms with Gasteiger partial charge in [0, 0.05) is 18.1 Å². The van der Waals surface area contributed by atoms with Crippen LogP contribution in [0.25, 0.3) is 0 Å². The van der Waals surface area contributed by atoms with Crippen LogP contribution in [0.1, 0.15) is 11.1 Å². The predicted molar refractivity (Wildman–Crippen MR) is 83.6 cm³/mol. The van der Waals surface area contributed by atoms with Gasteiger partial charge in [0.1, 0.15) is 0 Å². The monoisotopic (exact) mass is 339 g/mol. The highest BCUT2D eigenvalue weighted by molar-refractivity contribution is 9.10. The molecule has 0 unspecified atom stereocenters. The minimum Gasteiger partial charge on any atom is -0.380 e. The van der Waals surface area contributed by atoms with Crippen molar-refractivity contribution in [3.63, 3.8) is 0 Å². The molecule has 19 heavy (non-hydrogen) atoms. The molecule has 4 heteroatoms. The fourth-order valence-corrected chi connectivity index (χ4v) is 2.37. The number of halogens is 2. The molecule has 2 rings (SSSR count). The van der Waals surface area contributed by atoms with Crippen molar-refractivity contribution >= 4 is 33.2 Å². The van der Waals surface area contributed by atoms with Gasteiger partial charge in [0.25, 0.3) is 0 Å². The van der Waals surface area contributed by atoms with Gasteiger partial charge < -0.3 is 10.1 Å². The summed E-state index contributed by atoms with van der Waals surface area (Å²) in [5.41, 5.74) is 3.29. The molecule has 2 aromatic rings. The lowest BCUT2D eigenvalue weighted by atomic mass is 10.1. The van der Waals surface area contributed by atoms with Crippen LogP contribution < -0.4 is 5.32 Å². The molecule has 0 bridgehead atoms. The molecular weight excluding hydrogens is 326 g/mol. The molecule has 0 heterocycles. The topological polar surface area (TPSA) is 21.3 Å². The highest BCUT2D eigenvalue weighted by atomic mass is 79.9. The molecule has 1 N–H and O–H groups in total. The van der Waals surface area contributed by atoms with Crippen molar-refractivity contribution in [3.05, 3.63) is 63.1 Å². The first-order chi connectivity index (χ1) is 9.19. The van der Waals surface area contributed by atoms with E-state index < -0.39 is 0 Å². The van der Waals surface area contributed by atoms with Gasteiger partial charge in [-0.05, 0) is 29.3 Å². The predicted octanol–water partition coefficient (Wildman–Crippen LogP) is 4.86. The second-order valence-electron chi connectivity index (χ2n) is 4.23. The van der Waals surface area contributed by atoms with Gasteiger partial charge in [0.2, 0.25) is 0 Å². The summed E-state index contributed by atoms with van der Waals surface area (Å²) in [7, 11) is 1.70. The standard InChI is InChI=1S/C15H15BrClNO/c1-19-10-12-4-2-3-11(7-12)9-18-15-8-13(16)5-6-14(15)17/h2-8,18H,9-10H2,1H3. The molecule has 2 aromatic carbocycles. The Labute approximate surface area is 126 Å². The summed E-state index contributed by atoms with van der Waals surface area (Å²) >= 11 is 9.58. The lowest BCUT2D eigenvalue weighted by Crippen LogP contribution is -2.01. The molecule has 0 atom stereocenters. The highest BCUT2D eigenvalue weighted by Gasteiger charge is 2.01. The summed E-state index contributed by atoms with van der Waals surface area (Å²) in [6.45, 7) is 1.36. The van der Waals surface area contributed by atoms with E-state index in [2.05, 4.69) is 39.4 Å². The van der Waals surface area contributed by atoms with Crippen LogP contribution in [0.5, 0.6) is 0 Å². The van der Waals surface area contributed by atoms with E-state index in [0.717, 1.165) is 21.7 Å². The Balaban J connectivity index is 2.05. The van der Waals surface area contributed by atoms with Crippen molar-refractivity contribution in [2.75, 3.05) is 12.4 Å². The molecule has 0 aliphatic rings. The third-order valence-electron chi connectivity index (χ3n) is 2.71. The minimum atomic E-state index is 0.630. The van der Waals surface area contributed by atoms with Crippen LogP contribution in [0.4, 0.5) is 5.69 Å². The molecule has 0 amide bonds. The summed E-state index contributed by atoms with van der Waals surface area (Å²) in [6.07, 6.45) is 0. The lowest BCUT2D eigenvalue weighted by Gasteiger charge is -2.10. The van der Waals surface area contributed by atoms with Crippen molar-refractivity contribution in [1.29, 1.82) is 0 Å². The van der Waals surface area contributed by atoms with E-state index >= 15 is 0 Å². The van der Waals surface area contributed by atoms with E-state index in [1.165, 1.54) is 11.1 Å². The quantitative estimate of drug-likeness (QED) is 0.839. The Bertz CT molecular complexity index is 560. The van der Waals surface area contributed by atoms with Crippen molar-refractivity contribution in [2.45, 2.75) is 13.2 Å². The second kappa shape index (κ2) is 6.94. The van der Waals surface area contributed by atoms with E-state index in [1.54, 1.807) is 7.11 Å². The van der Waals surface area contributed by atoms with Gasteiger partial charge in [-0.1, -0.05) is 51.8 Å². The van der Waals surface area contributed by atoms with E-state index in [4.69, 9.17) is 16.3 Å². The highest BCUT2D eigenvalue weighted by Crippen LogP contribution is 2.26.